The molecule has 1 saturated carbocycles. The van der Waals surface area contributed by atoms with Crippen LogP contribution in [-0.4, -0.2) is 36.6 Å². The molecule has 0 bridgehead atoms. The monoisotopic (exact) mass is 485 g/mol. The lowest BCUT2D eigenvalue weighted by atomic mass is 9.86. The van der Waals surface area contributed by atoms with E-state index in [0.717, 1.165) is 48.2 Å². The van der Waals surface area contributed by atoms with E-state index >= 15 is 0 Å². The van der Waals surface area contributed by atoms with Gasteiger partial charge in [0.2, 0.25) is 5.95 Å². The Hall–Kier alpha value is -2.25. The summed E-state index contributed by atoms with van der Waals surface area (Å²) >= 11 is 3.26. The van der Waals surface area contributed by atoms with Gasteiger partial charge in [0.1, 0.15) is 11.6 Å². The standard InChI is InChI=1S/C24H29BrFN5/c1-31(2)23-19-5-3-4-6-22(19)29-24(30-23)28-14-16-7-10-18(11-8-16)27-15-17-9-12-21(26)20(25)13-17/h3-6,9,12-13,16,18,27H,7-8,10-11,14-15H2,1-2H3,(H,28,29,30). The van der Waals surface area contributed by atoms with E-state index in [9.17, 15) is 4.39 Å². The highest BCUT2D eigenvalue weighted by molar-refractivity contribution is 9.10. The molecule has 2 aromatic carbocycles. The molecule has 0 radical (unpaired) electrons. The number of hydrogen-bond donors (Lipinski definition) is 2. The van der Waals surface area contributed by atoms with Crippen LogP contribution in [0.2, 0.25) is 0 Å². The van der Waals surface area contributed by atoms with Crippen molar-refractivity contribution in [2.45, 2.75) is 38.3 Å². The lowest BCUT2D eigenvalue weighted by Crippen LogP contribution is -2.34. The molecule has 0 aliphatic heterocycles. The van der Waals surface area contributed by atoms with E-state index in [1.807, 2.05) is 49.3 Å². The zero-order chi connectivity index (χ0) is 21.8. The molecular formula is C24H29BrFN5. The van der Waals surface area contributed by atoms with Crippen LogP contribution in [0, 0.1) is 11.7 Å². The Bertz CT molecular complexity index is 1030. The molecule has 1 fully saturated rings. The molecule has 31 heavy (non-hydrogen) atoms. The fourth-order valence-corrected chi connectivity index (χ4v) is 4.62. The summed E-state index contributed by atoms with van der Waals surface area (Å²) in [6.45, 7) is 1.66. The number of fused-ring (bicyclic) bond motifs is 1. The summed E-state index contributed by atoms with van der Waals surface area (Å²) in [7, 11) is 4.02. The molecule has 0 amide bonds. The van der Waals surface area contributed by atoms with Crippen molar-refractivity contribution in [1.82, 2.24) is 15.3 Å². The Morgan fingerprint density at radius 3 is 2.58 bits per heavy atom. The number of para-hydroxylation sites is 1. The molecule has 5 nitrogen and oxygen atoms in total. The van der Waals surface area contributed by atoms with Crippen molar-refractivity contribution in [3.8, 4) is 0 Å². The fraction of sp³-hybridized carbons (Fsp3) is 0.417. The summed E-state index contributed by atoms with van der Waals surface area (Å²) in [5.41, 5.74) is 2.06. The third-order valence-electron chi connectivity index (χ3n) is 5.98. The molecule has 0 spiro atoms. The number of rotatable bonds is 7. The van der Waals surface area contributed by atoms with E-state index in [-0.39, 0.29) is 5.82 Å². The molecule has 2 N–H and O–H groups in total. The number of hydrogen-bond acceptors (Lipinski definition) is 5. The average Bonchev–Trinajstić information content (AvgIpc) is 2.78. The Balaban J connectivity index is 1.28. The van der Waals surface area contributed by atoms with E-state index in [4.69, 9.17) is 9.97 Å². The predicted octanol–water partition coefficient (Wildman–Crippen LogP) is 5.36. The third-order valence-corrected chi connectivity index (χ3v) is 6.59. The number of halogens is 2. The van der Waals surface area contributed by atoms with Crippen molar-refractivity contribution < 1.29 is 4.39 Å². The second-order valence-corrected chi connectivity index (χ2v) is 9.36. The normalized spacial score (nSPS) is 18.8. The predicted molar refractivity (Wildman–Crippen MR) is 129 cm³/mol. The number of nitrogens with zero attached hydrogens (tertiary/aromatic N) is 3. The van der Waals surface area contributed by atoms with Crippen LogP contribution in [0.1, 0.15) is 31.2 Å². The molecule has 1 aliphatic carbocycles. The van der Waals surface area contributed by atoms with Crippen LogP contribution in [0.25, 0.3) is 10.9 Å². The average molecular weight is 486 g/mol. The number of anilines is 2. The van der Waals surface area contributed by atoms with Crippen LogP contribution in [0.3, 0.4) is 0 Å². The van der Waals surface area contributed by atoms with Gasteiger partial charge in [0.25, 0.3) is 0 Å². The summed E-state index contributed by atoms with van der Waals surface area (Å²) in [4.78, 5) is 11.5. The van der Waals surface area contributed by atoms with Crippen molar-refractivity contribution >= 4 is 38.6 Å². The maximum atomic E-state index is 13.4. The first-order valence-electron chi connectivity index (χ1n) is 10.8. The van der Waals surface area contributed by atoms with Crippen LogP contribution in [0.15, 0.2) is 46.9 Å². The SMILES string of the molecule is CN(C)c1nc(NCC2CCC(NCc3ccc(F)c(Br)c3)CC2)nc2ccccc12. The van der Waals surface area contributed by atoms with Crippen LogP contribution in [0.4, 0.5) is 16.2 Å². The van der Waals surface area contributed by atoms with Gasteiger partial charge in [-0.2, -0.15) is 4.98 Å². The minimum absolute atomic E-state index is 0.218. The quantitative estimate of drug-likeness (QED) is 0.471. The van der Waals surface area contributed by atoms with Crippen molar-refractivity contribution in [1.29, 1.82) is 0 Å². The van der Waals surface area contributed by atoms with Crippen LogP contribution < -0.4 is 15.5 Å². The molecule has 0 atom stereocenters. The summed E-state index contributed by atoms with van der Waals surface area (Å²) < 4.78 is 13.9. The van der Waals surface area contributed by atoms with Crippen LogP contribution >= 0.6 is 15.9 Å². The maximum absolute atomic E-state index is 13.4. The van der Waals surface area contributed by atoms with Gasteiger partial charge in [0.15, 0.2) is 0 Å². The minimum atomic E-state index is -0.218. The lowest BCUT2D eigenvalue weighted by molar-refractivity contribution is 0.300. The van der Waals surface area contributed by atoms with Gasteiger partial charge in [-0.25, -0.2) is 9.37 Å². The zero-order valence-electron chi connectivity index (χ0n) is 18.0. The summed E-state index contributed by atoms with van der Waals surface area (Å²) in [5, 5.41) is 8.17. The molecule has 1 aliphatic rings. The van der Waals surface area contributed by atoms with Gasteiger partial charge in [0, 0.05) is 38.6 Å². The number of benzene rings is 2. The molecule has 3 aromatic rings. The van der Waals surface area contributed by atoms with E-state index < -0.39 is 0 Å². The van der Waals surface area contributed by atoms with E-state index in [1.165, 1.54) is 18.9 Å². The highest BCUT2D eigenvalue weighted by Crippen LogP contribution is 2.27. The Morgan fingerprint density at radius 2 is 1.84 bits per heavy atom. The Kier molecular flexibility index (Phi) is 7.02. The van der Waals surface area contributed by atoms with Gasteiger partial charge in [-0.05, 0) is 77.4 Å². The molecule has 0 unspecified atom stereocenters. The molecule has 164 valence electrons. The van der Waals surface area contributed by atoms with E-state index in [2.05, 4.69) is 32.6 Å². The summed E-state index contributed by atoms with van der Waals surface area (Å²) in [6, 6.07) is 13.8. The van der Waals surface area contributed by atoms with E-state index in [0.29, 0.717) is 22.4 Å². The maximum Gasteiger partial charge on any atom is 0.225 e. The van der Waals surface area contributed by atoms with Crippen molar-refractivity contribution in [3.63, 3.8) is 0 Å². The topological polar surface area (TPSA) is 53.1 Å². The Labute approximate surface area is 191 Å². The van der Waals surface area contributed by atoms with Crippen LogP contribution in [-0.2, 0) is 6.54 Å². The molecule has 7 heteroatoms. The summed E-state index contributed by atoms with van der Waals surface area (Å²) in [5.74, 6) is 2.04. The highest BCUT2D eigenvalue weighted by Gasteiger charge is 2.21. The van der Waals surface area contributed by atoms with Gasteiger partial charge in [-0.3, -0.25) is 0 Å². The van der Waals surface area contributed by atoms with Gasteiger partial charge >= 0.3 is 0 Å². The Morgan fingerprint density at radius 1 is 1.06 bits per heavy atom. The molecule has 1 heterocycles. The minimum Gasteiger partial charge on any atom is -0.362 e. The number of aromatic nitrogens is 2. The molecule has 4 rings (SSSR count). The van der Waals surface area contributed by atoms with Crippen molar-refractivity contribution in [2.24, 2.45) is 5.92 Å². The van der Waals surface area contributed by atoms with Crippen molar-refractivity contribution in [2.75, 3.05) is 30.9 Å². The summed E-state index contributed by atoms with van der Waals surface area (Å²) in [6.07, 6.45) is 4.64. The van der Waals surface area contributed by atoms with Crippen molar-refractivity contribution in [3.05, 3.63) is 58.3 Å². The highest BCUT2D eigenvalue weighted by atomic mass is 79.9. The third kappa shape index (κ3) is 5.52. The second-order valence-electron chi connectivity index (χ2n) is 8.51. The van der Waals surface area contributed by atoms with E-state index in [1.54, 1.807) is 0 Å². The largest absolute Gasteiger partial charge is 0.362 e. The molecular weight excluding hydrogens is 457 g/mol. The zero-order valence-corrected chi connectivity index (χ0v) is 19.6. The fourth-order valence-electron chi connectivity index (χ4n) is 4.20. The first kappa shape index (κ1) is 22.0. The second kappa shape index (κ2) is 9.92. The van der Waals surface area contributed by atoms with Gasteiger partial charge in [-0.1, -0.05) is 18.2 Å². The lowest BCUT2D eigenvalue weighted by Gasteiger charge is -2.29. The first-order valence-corrected chi connectivity index (χ1v) is 11.6. The molecule has 0 saturated heterocycles. The van der Waals surface area contributed by atoms with Gasteiger partial charge < -0.3 is 15.5 Å². The van der Waals surface area contributed by atoms with Gasteiger partial charge in [0.05, 0.1) is 9.99 Å². The number of nitrogens with one attached hydrogen (secondary N) is 2. The first-order chi connectivity index (χ1) is 15.0. The van der Waals surface area contributed by atoms with Gasteiger partial charge in [-0.15, -0.1) is 0 Å². The van der Waals surface area contributed by atoms with Crippen LogP contribution in [0.5, 0.6) is 0 Å². The smallest absolute Gasteiger partial charge is 0.225 e. The molecule has 1 aromatic heterocycles.